The number of thiophene rings is 1. The van der Waals surface area contributed by atoms with Gasteiger partial charge in [-0.05, 0) is 23.6 Å². The third-order valence-corrected chi connectivity index (χ3v) is 5.09. The van der Waals surface area contributed by atoms with Gasteiger partial charge in [0.15, 0.2) is 0 Å². The van der Waals surface area contributed by atoms with Crippen LogP contribution in [0.5, 0.6) is 0 Å². The van der Waals surface area contributed by atoms with E-state index in [1.54, 1.807) is 6.92 Å². The van der Waals surface area contributed by atoms with Crippen LogP contribution in [0, 0.1) is 0 Å². The molecule has 1 N–H and O–H groups in total. The zero-order chi connectivity index (χ0) is 19.2. The summed E-state index contributed by atoms with van der Waals surface area (Å²) in [5, 5.41) is 4.96. The molecule has 2 aromatic carbocycles. The van der Waals surface area contributed by atoms with E-state index in [1.807, 2.05) is 60.0 Å². The van der Waals surface area contributed by atoms with E-state index in [-0.39, 0.29) is 18.4 Å². The molecule has 3 rings (SSSR count). The van der Waals surface area contributed by atoms with Crippen molar-refractivity contribution in [2.24, 2.45) is 0 Å². The molecule has 0 spiro atoms. The number of ether oxygens (including phenoxy) is 1. The van der Waals surface area contributed by atoms with Crippen molar-refractivity contribution in [3.8, 4) is 22.3 Å². The van der Waals surface area contributed by atoms with Crippen molar-refractivity contribution in [3.05, 3.63) is 65.5 Å². The maximum absolute atomic E-state index is 12.5. The Morgan fingerprint density at radius 1 is 1.00 bits per heavy atom. The molecule has 1 aromatic heterocycles. The van der Waals surface area contributed by atoms with E-state index in [4.69, 9.17) is 16.3 Å². The molecule has 0 atom stereocenters. The van der Waals surface area contributed by atoms with Crippen molar-refractivity contribution >= 4 is 39.8 Å². The zero-order valence-electron chi connectivity index (χ0n) is 14.7. The number of esters is 1. The van der Waals surface area contributed by atoms with Crippen molar-refractivity contribution in [1.29, 1.82) is 0 Å². The monoisotopic (exact) mass is 399 g/mol. The lowest BCUT2D eigenvalue weighted by Crippen LogP contribution is -2.15. The molecule has 138 valence electrons. The Balaban J connectivity index is 1.98. The maximum Gasteiger partial charge on any atom is 0.341 e. The van der Waals surface area contributed by atoms with Gasteiger partial charge in [-0.2, -0.15) is 0 Å². The van der Waals surface area contributed by atoms with Gasteiger partial charge in [-0.3, -0.25) is 4.79 Å². The van der Waals surface area contributed by atoms with Gasteiger partial charge in [0.05, 0.1) is 6.61 Å². The highest BCUT2D eigenvalue weighted by Crippen LogP contribution is 2.37. The Kier molecular flexibility index (Phi) is 6.27. The Labute approximate surface area is 166 Å². The lowest BCUT2D eigenvalue weighted by atomic mass is 9.99. The molecule has 0 aliphatic carbocycles. The highest BCUT2D eigenvalue weighted by Gasteiger charge is 2.22. The minimum absolute atomic E-state index is 0.179. The molecule has 0 radical (unpaired) electrons. The quantitative estimate of drug-likeness (QED) is 0.443. The number of hydrogen-bond donors (Lipinski definition) is 1. The standard InChI is InChI=1S/C21H18ClNO3S/c1-2-26-21(25)19-17(13-27-20(19)23-18(24)12-22)16-10-8-15(9-11-16)14-6-4-3-5-7-14/h3-11,13H,2,12H2,1H3,(H,23,24). The van der Waals surface area contributed by atoms with Crippen LogP contribution in [0.1, 0.15) is 17.3 Å². The van der Waals surface area contributed by atoms with E-state index in [0.717, 1.165) is 22.3 Å². The number of anilines is 1. The van der Waals surface area contributed by atoms with Crippen molar-refractivity contribution in [2.75, 3.05) is 17.8 Å². The summed E-state index contributed by atoms with van der Waals surface area (Å²) >= 11 is 6.85. The topological polar surface area (TPSA) is 55.4 Å². The number of amides is 1. The van der Waals surface area contributed by atoms with E-state index in [1.165, 1.54) is 11.3 Å². The van der Waals surface area contributed by atoms with Crippen LogP contribution in [0.15, 0.2) is 60.0 Å². The molecule has 0 aliphatic heterocycles. The molecular weight excluding hydrogens is 382 g/mol. The Morgan fingerprint density at radius 2 is 1.63 bits per heavy atom. The Hall–Kier alpha value is -2.63. The summed E-state index contributed by atoms with van der Waals surface area (Å²) in [6, 6.07) is 18.0. The van der Waals surface area contributed by atoms with Crippen LogP contribution in [-0.4, -0.2) is 24.4 Å². The number of nitrogens with one attached hydrogen (secondary N) is 1. The third kappa shape index (κ3) is 4.38. The van der Waals surface area contributed by atoms with Crippen molar-refractivity contribution in [1.82, 2.24) is 0 Å². The summed E-state index contributed by atoms with van der Waals surface area (Å²) in [6.45, 7) is 2.00. The predicted molar refractivity (Wildman–Crippen MR) is 110 cm³/mol. The van der Waals surface area contributed by atoms with Gasteiger partial charge >= 0.3 is 5.97 Å². The molecule has 4 nitrogen and oxygen atoms in total. The zero-order valence-corrected chi connectivity index (χ0v) is 16.3. The molecular formula is C21H18ClNO3S. The summed E-state index contributed by atoms with van der Waals surface area (Å²) in [4.78, 5) is 24.2. The molecule has 1 heterocycles. The average Bonchev–Trinajstić information content (AvgIpc) is 3.12. The minimum atomic E-state index is -0.467. The van der Waals surface area contributed by atoms with Crippen molar-refractivity contribution in [3.63, 3.8) is 0 Å². The van der Waals surface area contributed by atoms with Crippen molar-refractivity contribution < 1.29 is 14.3 Å². The Bertz CT molecular complexity index is 936. The second-order valence-electron chi connectivity index (χ2n) is 5.70. The smallest absolute Gasteiger partial charge is 0.341 e. The Morgan fingerprint density at radius 3 is 2.26 bits per heavy atom. The highest BCUT2D eigenvalue weighted by molar-refractivity contribution is 7.15. The van der Waals surface area contributed by atoms with Crippen LogP contribution in [0.2, 0.25) is 0 Å². The van der Waals surface area contributed by atoms with Gasteiger partial charge in [-0.15, -0.1) is 22.9 Å². The first kappa shape index (κ1) is 19.1. The second kappa shape index (κ2) is 8.84. The molecule has 27 heavy (non-hydrogen) atoms. The lowest BCUT2D eigenvalue weighted by molar-refractivity contribution is -0.113. The van der Waals surface area contributed by atoms with Crippen molar-refractivity contribution in [2.45, 2.75) is 6.92 Å². The minimum Gasteiger partial charge on any atom is -0.462 e. The van der Waals surface area contributed by atoms with Gasteiger partial charge < -0.3 is 10.1 Å². The van der Waals surface area contributed by atoms with Crippen LogP contribution in [0.4, 0.5) is 5.00 Å². The molecule has 0 bridgehead atoms. The normalized spacial score (nSPS) is 10.4. The van der Waals surface area contributed by atoms with E-state index in [0.29, 0.717) is 10.6 Å². The van der Waals surface area contributed by atoms with Crippen LogP contribution in [0.3, 0.4) is 0 Å². The first-order valence-electron chi connectivity index (χ1n) is 8.44. The number of rotatable bonds is 6. The lowest BCUT2D eigenvalue weighted by Gasteiger charge is -2.09. The molecule has 3 aromatic rings. The van der Waals surface area contributed by atoms with E-state index in [2.05, 4.69) is 5.32 Å². The number of benzene rings is 2. The van der Waals surface area contributed by atoms with E-state index < -0.39 is 5.97 Å². The fraction of sp³-hybridized carbons (Fsp3) is 0.143. The number of carbonyl (C=O) groups excluding carboxylic acids is 2. The third-order valence-electron chi connectivity index (χ3n) is 3.95. The van der Waals surface area contributed by atoms with Crippen LogP contribution >= 0.6 is 22.9 Å². The van der Waals surface area contributed by atoms with Crippen LogP contribution in [0.25, 0.3) is 22.3 Å². The number of carbonyl (C=O) groups is 2. The molecule has 6 heteroatoms. The number of alkyl halides is 1. The first-order valence-corrected chi connectivity index (χ1v) is 9.85. The van der Waals surface area contributed by atoms with Gasteiger partial charge in [0.2, 0.25) is 5.91 Å². The highest BCUT2D eigenvalue weighted by atomic mass is 35.5. The SMILES string of the molecule is CCOC(=O)c1c(-c2ccc(-c3ccccc3)cc2)csc1NC(=O)CCl. The molecule has 0 unspecified atom stereocenters. The molecule has 0 saturated carbocycles. The van der Waals surface area contributed by atoms with Crippen LogP contribution < -0.4 is 5.32 Å². The van der Waals surface area contributed by atoms with Crippen LogP contribution in [-0.2, 0) is 9.53 Å². The average molecular weight is 400 g/mol. The van der Waals surface area contributed by atoms with Gasteiger partial charge in [0.1, 0.15) is 16.4 Å². The summed E-state index contributed by atoms with van der Waals surface area (Å²) in [7, 11) is 0. The first-order chi connectivity index (χ1) is 13.1. The molecule has 0 saturated heterocycles. The second-order valence-corrected chi connectivity index (χ2v) is 6.85. The number of hydrogen-bond acceptors (Lipinski definition) is 4. The molecule has 0 fully saturated rings. The van der Waals surface area contributed by atoms with Gasteiger partial charge in [0, 0.05) is 10.9 Å². The fourth-order valence-electron chi connectivity index (χ4n) is 2.70. The molecule has 1 amide bonds. The summed E-state index contributed by atoms with van der Waals surface area (Å²) in [6.07, 6.45) is 0. The number of halogens is 1. The van der Waals surface area contributed by atoms with Gasteiger partial charge in [0.25, 0.3) is 0 Å². The summed E-state index contributed by atoms with van der Waals surface area (Å²) < 4.78 is 5.18. The van der Waals surface area contributed by atoms with E-state index >= 15 is 0 Å². The molecule has 0 aliphatic rings. The van der Waals surface area contributed by atoms with E-state index in [9.17, 15) is 9.59 Å². The predicted octanol–water partition coefficient (Wildman–Crippen LogP) is 5.44. The van der Waals surface area contributed by atoms with Gasteiger partial charge in [-0.1, -0.05) is 54.6 Å². The summed E-state index contributed by atoms with van der Waals surface area (Å²) in [5.41, 5.74) is 4.16. The van der Waals surface area contributed by atoms with Gasteiger partial charge in [-0.25, -0.2) is 4.79 Å². The summed E-state index contributed by atoms with van der Waals surface area (Å²) in [5.74, 6) is -1.01. The largest absolute Gasteiger partial charge is 0.462 e. The fourth-order valence-corrected chi connectivity index (χ4v) is 3.74. The maximum atomic E-state index is 12.5.